The van der Waals surface area contributed by atoms with Gasteiger partial charge in [0.15, 0.2) is 0 Å². The van der Waals surface area contributed by atoms with Gasteiger partial charge in [0.2, 0.25) is 5.99 Å². The smallest absolute Gasteiger partial charge is 0.203 e. The van der Waals surface area contributed by atoms with Crippen LogP contribution in [0, 0.1) is 0 Å². The summed E-state index contributed by atoms with van der Waals surface area (Å²) in [6, 6.07) is 0. The van der Waals surface area contributed by atoms with Gasteiger partial charge in [-0.3, -0.25) is 0 Å². The minimum absolute atomic E-state index is 0.854. The highest BCUT2D eigenvalue weighted by atomic mass is 32.2. The largest absolute Gasteiger partial charge is 0.207 e. The van der Waals surface area contributed by atoms with Crippen molar-refractivity contribution in [2.45, 2.75) is 31.7 Å². The Hall–Kier alpha value is 0.415. The summed E-state index contributed by atoms with van der Waals surface area (Å²) >= 11 is 2.12. The van der Waals surface area contributed by atoms with Gasteiger partial charge >= 0.3 is 0 Å². The Kier molecular flexibility index (Phi) is 1.68. The van der Waals surface area contributed by atoms with Gasteiger partial charge in [-0.1, -0.05) is 13.6 Å². The van der Waals surface area contributed by atoms with Gasteiger partial charge in [-0.05, 0) is 18.1 Å². The molecular weight excluding hydrogens is 103 g/mol. The molecule has 0 N–H and O–H groups in total. The summed E-state index contributed by atoms with van der Waals surface area (Å²) in [5.41, 5.74) is 0. The molecule has 40 valence electrons. The molecule has 0 aromatic heterocycles. The predicted molar refractivity (Wildman–Crippen MR) is 38.1 cm³/mol. The molecule has 0 amide bonds. The fourth-order valence-corrected chi connectivity index (χ4v) is 1.77. The molecule has 1 fully saturated rings. The van der Waals surface area contributed by atoms with Gasteiger partial charge in [0, 0.05) is 0 Å². The molecule has 0 spiro atoms. The third-order valence-electron chi connectivity index (χ3n) is 0.989. The van der Waals surface area contributed by atoms with Crippen molar-refractivity contribution in [2.24, 2.45) is 0 Å². The van der Waals surface area contributed by atoms with Crippen molar-refractivity contribution in [2.75, 3.05) is 0 Å². The van der Waals surface area contributed by atoms with E-state index >= 15 is 0 Å². The van der Waals surface area contributed by atoms with E-state index in [2.05, 4.69) is 25.3 Å². The summed E-state index contributed by atoms with van der Waals surface area (Å²) in [7, 11) is 0. The van der Waals surface area contributed by atoms with Crippen LogP contribution in [0.15, 0.2) is 0 Å². The molecule has 0 radical (unpaired) electrons. The highest BCUT2D eigenvalue weighted by Crippen LogP contribution is 2.35. The zero-order valence-corrected chi connectivity index (χ0v) is 5.79. The molecule has 0 aromatic rings. The van der Waals surface area contributed by atoms with Gasteiger partial charge in [0.25, 0.3) is 0 Å². The molecule has 0 heterocycles. The summed E-state index contributed by atoms with van der Waals surface area (Å²) in [6.45, 7) is 4.53. The van der Waals surface area contributed by atoms with Crippen LogP contribution in [0.3, 0.4) is 0 Å². The predicted octanol–water partition coefficient (Wildman–Crippen LogP) is 2.13. The van der Waals surface area contributed by atoms with Gasteiger partial charge in [0.05, 0.1) is 0 Å². The van der Waals surface area contributed by atoms with Crippen LogP contribution in [-0.4, -0.2) is 11.2 Å². The summed E-state index contributed by atoms with van der Waals surface area (Å²) in [6.07, 6.45) is 2.95. The zero-order chi connectivity index (χ0) is 5.28. The molecule has 0 unspecified atom stereocenters. The molecular formula is C5H11BS. The van der Waals surface area contributed by atoms with Gasteiger partial charge in [-0.15, -0.1) is 0 Å². The van der Waals surface area contributed by atoms with Gasteiger partial charge in [0.1, 0.15) is 0 Å². The average Bonchev–Trinajstić information content (AvgIpc) is 2.17. The molecule has 1 rings (SSSR count). The van der Waals surface area contributed by atoms with Crippen molar-refractivity contribution in [3.63, 3.8) is 0 Å². The molecule has 0 aromatic carbocycles. The Balaban J connectivity index is 1.97. The molecule has 0 nitrogen and oxygen atoms in total. The topological polar surface area (TPSA) is 0 Å². The highest BCUT2D eigenvalue weighted by Gasteiger charge is 2.22. The standard InChI is InChI=1S/C5H11BS/c1-6(2)7-5-3-4-5/h5H,3-4H2,1-2H3. The lowest BCUT2D eigenvalue weighted by atomic mass is 9.84. The van der Waals surface area contributed by atoms with E-state index in [9.17, 15) is 0 Å². The number of rotatable bonds is 2. The maximum Gasteiger partial charge on any atom is 0.203 e. The van der Waals surface area contributed by atoms with E-state index in [1.807, 2.05) is 0 Å². The van der Waals surface area contributed by atoms with Crippen molar-refractivity contribution >= 4 is 17.6 Å². The molecule has 0 atom stereocenters. The van der Waals surface area contributed by atoms with Crippen molar-refractivity contribution in [3.05, 3.63) is 0 Å². The molecule has 2 heteroatoms. The fraction of sp³-hybridized carbons (Fsp3) is 1.00. The van der Waals surface area contributed by atoms with E-state index in [-0.39, 0.29) is 0 Å². The summed E-state index contributed by atoms with van der Waals surface area (Å²) < 4.78 is 0. The summed E-state index contributed by atoms with van der Waals surface area (Å²) in [4.78, 5) is 0. The first kappa shape index (κ1) is 5.55. The van der Waals surface area contributed by atoms with Crippen molar-refractivity contribution < 1.29 is 0 Å². The lowest BCUT2D eigenvalue weighted by molar-refractivity contribution is 1.50. The van der Waals surface area contributed by atoms with Crippen LogP contribution >= 0.6 is 11.6 Å². The molecule has 7 heavy (non-hydrogen) atoms. The molecule has 0 aliphatic heterocycles. The van der Waals surface area contributed by atoms with Crippen LogP contribution in [0.5, 0.6) is 0 Å². The Labute approximate surface area is 50.0 Å². The monoisotopic (exact) mass is 114 g/mol. The van der Waals surface area contributed by atoms with E-state index < -0.39 is 0 Å². The van der Waals surface area contributed by atoms with Crippen molar-refractivity contribution in [1.82, 2.24) is 0 Å². The normalized spacial score (nSPS) is 19.7. The summed E-state index contributed by atoms with van der Waals surface area (Å²) in [5, 5.41) is 1.04. The second-order valence-electron chi connectivity index (χ2n) is 2.38. The fourth-order valence-electron chi connectivity index (χ4n) is 0.589. The number of hydrogen-bond acceptors (Lipinski definition) is 1. The van der Waals surface area contributed by atoms with Crippen molar-refractivity contribution in [3.8, 4) is 0 Å². The Morgan fingerprint density at radius 3 is 2.14 bits per heavy atom. The highest BCUT2D eigenvalue weighted by molar-refractivity contribution is 8.25. The van der Waals surface area contributed by atoms with Gasteiger partial charge < -0.3 is 0 Å². The van der Waals surface area contributed by atoms with Crippen LogP contribution in [0.25, 0.3) is 0 Å². The third-order valence-corrected chi connectivity index (χ3v) is 2.39. The average molecular weight is 114 g/mol. The van der Waals surface area contributed by atoms with Crippen molar-refractivity contribution in [1.29, 1.82) is 0 Å². The third kappa shape index (κ3) is 2.27. The molecule has 1 aliphatic rings. The van der Waals surface area contributed by atoms with Crippen LogP contribution in [0.1, 0.15) is 12.8 Å². The Morgan fingerprint density at radius 2 is 2.00 bits per heavy atom. The maximum atomic E-state index is 2.27. The maximum absolute atomic E-state index is 2.27. The van der Waals surface area contributed by atoms with Gasteiger partial charge in [-0.2, -0.15) is 0 Å². The van der Waals surface area contributed by atoms with Crippen LogP contribution in [0.4, 0.5) is 0 Å². The van der Waals surface area contributed by atoms with Gasteiger partial charge in [-0.25, -0.2) is 11.6 Å². The Morgan fingerprint density at radius 1 is 1.43 bits per heavy atom. The second kappa shape index (κ2) is 2.12. The van der Waals surface area contributed by atoms with E-state index in [1.165, 1.54) is 12.8 Å². The molecule has 1 aliphatic carbocycles. The first-order valence-electron chi connectivity index (χ1n) is 2.94. The zero-order valence-electron chi connectivity index (χ0n) is 4.98. The van der Waals surface area contributed by atoms with E-state index in [1.54, 1.807) is 0 Å². The van der Waals surface area contributed by atoms with E-state index in [0.29, 0.717) is 0 Å². The minimum atomic E-state index is 0.854. The van der Waals surface area contributed by atoms with Crippen LogP contribution in [0.2, 0.25) is 13.6 Å². The molecule has 0 bridgehead atoms. The van der Waals surface area contributed by atoms with Crippen LogP contribution < -0.4 is 0 Å². The lowest BCUT2D eigenvalue weighted by Gasteiger charge is -1.94. The quantitative estimate of drug-likeness (QED) is 0.495. The van der Waals surface area contributed by atoms with Crippen LogP contribution in [-0.2, 0) is 0 Å². The number of hydrogen-bond donors (Lipinski definition) is 0. The molecule has 0 saturated heterocycles. The first-order valence-corrected chi connectivity index (χ1v) is 3.89. The van der Waals surface area contributed by atoms with E-state index in [4.69, 9.17) is 0 Å². The minimum Gasteiger partial charge on any atom is -0.207 e. The second-order valence-corrected chi connectivity index (χ2v) is 4.27. The molecule has 1 saturated carbocycles. The summed E-state index contributed by atoms with van der Waals surface area (Å²) in [5.74, 6) is 0.854. The Bertz CT molecular complexity index is 59.1. The SMILES string of the molecule is CB(C)SC1CC1. The van der Waals surface area contributed by atoms with E-state index in [0.717, 1.165) is 11.2 Å². The lowest BCUT2D eigenvalue weighted by Crippen LogP contribution is -1.92. The first-order chi connectivity index (χ1) is 3.29.